The van der Waals surface area contributed by atoms with Crippen molar-refractivity contribution in [2.75, 3.05) is 16.9 Å². The molecule has 0 saturated carbocycles. The molecule has 1 aromatic heterocycles. The van der Waals surface area contributed by atoms with Crippen LogP contribution in [0.4, 0.5) is 5.69 Å². The van der Waals surface area contributed by atoms with Gasteiger partial charge in [-0.3, -0.25) is 9.59 Å². The van der Waals surface area contributed by atoms with Crippen LogP contribution in [0.25, 0.3) is 0 Å². The van der Waals surface area contributed by atoms with E-state index in [1.54, 1.807) is 28.8 Å². The van der Waals surface area contributed by atoms with Crippen LogP contribution < -0.4 is 5.32 Å². The number of furan rings is 1. The van der Waals surface area contributed by atoms with E-state index in [0.717, 1.165) is 16.8 Å². The Morgan fingerprint density at radius 3 is 2.83 bits per heavy atom. The van der Waals surface area contributed by atoms with Crippen molar-refractivity contribution in [2.24, 2.45) is 0 Å². The molecule has 120 valence electrons. The van der Waals surface area contributed by atoms with Crippen molar-refractivity contribution < 1.29 is 14.0 Å². The molecule has 23 heavy (non-hydrogen) atoms. The quantitative estimate of drug-likeness (QED) is 0.939. The highest BCUT2D eigenvalue weighted by Gasteiger charge is 2.36. The second-order valence-corrected chi connectivity index (χ2v) is 6.50. The predicted molar refractivity (Wildman–Crippen MR) is 90.5 cm³/mol. The number of nitrogens with one attached hydrogen (secondary N) is 1. The lowest BCUT2D eigenvalue weighted by Gasteiger charge is -2.22. The Hall–Kier alpha value is -2.21. The van der Waals surface area contributed by atoms with Gasteiger partial charge in [-0.1, -0.05) is 12.1 Å². The molecule has 1 N–H and O–H groups in total. The zero-order valence-corrected chi connectivity index (χ0v) is 13.9. The van der Waals surface area contributed by atoms with Crippen LogP contribution in [-0.2, 0) is 4.79 Å². The minimum Gasteiger partial charge on any atom is -0.459 e. The molecule has 0 unspecified atom stereocenters. The van der Waals surface area contributed by atoms with Crippen molar-refractivity contribution in [3.05, 3.63) is 53.5 Å². The maximum atomic E-state index is 12.6. The molecule has 1 aliphatic rings. The van der Waals surface area contributed by atoms with E-state index in [2.05, 4.69) is 5.32 Å². The van der Waals surface area contributed by atoms with Crippen molar-refractivity contribution in [2.45, 2.75) is 19.9 Å². The van der Waals surface area contributed by atoms with E-state index in [-0.39, 0.29) is 17.6 Å². The van der Waals surface area contributed by atoms with E-state index in [9.17, 15) is 9.59 Å². The van der Waals surface area contributed by atoms with Crippen molar-refractivity contribution in [3.63, 3.8) is 0 Å². The Kier molecular flexibility index (Phi) is 4.43. The number of anilines is 1. The summed E-state index contributed by atoms with van der Waals surface area (Å²) < 4.78 is 5.16. The van der Waals surface area contributed by atoms with Gasteiger partial charge in [0, 0.05) is 11.4 Å². The summed E-state index contributed by atoms with van der Waals surface area (Å²) in [6, 6.07) is 8.58. The second-order valence-electron chi connectivity index (χ2n) is 5.50. The average molecular weight is 330 g/mol. The zero-order chi connectivity index (χ0) is 16.4. The molecule has 0 aliphatic carbocycles. The van der Waals surface area contributed by atoms with Gasteiger partial charge in [0.15, 0.2) is 5.76 Å². The third-order valence-corrected chi connectivity index (χ3v) is 5.05. The molecule has 1 atom stereocenters. The normalized spacial score (nSPS) is 17.3. The van der Waals surface area contributed by atoms with Gasteiger partial charge in [-0.15, -0.1) is 11.8 Å². The van der Waals surface area contributed by atoms with Gasteiger partial charge in [-0.2, -0.15) is 0 Å². The molecule has 0 radical (unpaired) electrons. The fourth-order valence-corrected chi connectivity index (χ4v) is 3.66. The summed E-state index contributed by atoms with van der Waals surface area (Å²) in [4.78, 5) is 26.6. The van der Waals surface area contributed by atoms with Crippen LogP contribution in [0, 0.1) is 13.8 Å². The first-order chi connectivity index (χ1) is 11.1. The fraction of sp³-hybridized carbons (Fsp3) is 0.294. The molecule has 2 heterocycles. The number of thioether (sulfide) groups is 1. The molecule has 1 fully saturated rings. The van der Waals surface area contributed by atoms with Gasteiger partial charge in [0.25, 0.3) is 5.91 Å². The minimum atomic E-state index is -0.488. The summed E-state index contributed by atoms with van der Waals surface area (Å²) in [7, 11) is 0. The number of aryl methyl sites for hydroxylation is 1. The molecule has 6 heteroatoms. The van der Waals surface area contributed by atoms with Crippen LogP contribution in [0.3, 0.4) is 0 Å². The number of rotatable bonds is 3. The number of hydrogen-bond donors (Lipinski definition) is 1. The van der Waals surface area contributed by atoms with Gasteiger partial charge in [0.2, 0.25) is 5.91 Å². The Labute approximate surface area is 139 Å². The number of amides is 2. The first-order valence-corrected chi connectivity index (χ1v) is 8.52. The van der Waals surface area contributed by atoms with Crippen molar-refractivity contribution in [1.82, 2.24) is 4.90 Å². The van der Waals surface area contributed by atoms with Crippen molar-refractivity contribution in [1.29, 1.82) is 0 Å². The SMILES string of the molecule is Cc1cccc(NC(=O)[C@@H]2CSCN2C(=O)c2ccco2)c1C. The van der Waals surface area contributed by atoms with Gasteiger partial charge in [0.1, 0.15) is 6.04 Å². The molecule has 2 amide bonds. The van der Waals surface area contributed by atoms with Crippen LogP contribution in [0.15, 0.2) is 41.0 Å². The van der Waals surface area contributed by atoms with Gasteiger partial charge in [-0.25, -0.2) is 0 Å². The van der Waals surface area contributed by atoms with Gasteiger partial charge in [0.05, 0.1) is 12.1 Å². The molecule has 1 saturated heterocycles. The molecule has 3 rings (SSSR count). The van der Waals surface area contributed by atoms with Crippen molar-refractivity contribution in [3.8, 4) is 0 Å². The minimum absolute atomic E-state index is 0.163. The number of benzene rings is 1. The van der Waals surface area contributed by atoms with E-state index in [0.29, 0.717) is 11.6 Å². The van der Waals surface area contributed by atoms with E-state index >= 15 is 0 Å². The largest absolute Gasteiger partial charge is 0.459 e. The molecular formula is C17H18N2O3S. The third-order valence-electron chi connectivity index (χ3n) is 4.04. The third kappa shape index (κ3) is 3.12. The number of nitrogens with zero attached hydrogens (tertiary/aromatic N) is 1. The molecular weight excluding hydrogens is 312 g/mol. The van der Waals surface area contributed by atoms with Crippen LogP contribution >= 0.6 is 11.8 Å². The highest BCUT2D eigenvalue weighted by atomic mass is 32.2. The van der Waals surface area contributed by atoms with Crippen LogP contribution in [0.2, 0.25) is 0 Å². The Bertz CT molecular complexity index is 727. The smallest absolute Gasteiger partial charge is 0.290 e. The fourth-order valence-electron chi connectivity index (χ4n) is 2.50. The monoisotopic (exact) mass is 330 g/mol. The topological polar surface area (TPSA) is 62.6 Å². The van der Waals surface area contributed by atoms with Crippen LogP contribution in [0.1, 0.15) is 21.7 Å². The summed E-state index contributed by atoms with van der Waals surface area (Å²) in [6.07, 6.45) is 1.46. The maximum Gasteiger partial charge on any atom is 0.290 e. The molecule has 0 spiro atoms. The maximum absolute atomic E-state index is 12.6. The summed E-state index contributed by atoms with van der Waals surface area (Å²) in [6.45, 7) is 3.98. The van der Waals surface area contributed by atoms with E-state index < -0.39 is 6.04 Å². The summed E-state index contributed by atoms with van der Waals surface area (Å²) >= 11 is 1.56. The number of hydrogen-bond acceptors (Lipinski definition) is 4. The first kappa shape index (κ1) is 15.7. The summed E-state index contributed by atoms with van der Waals surface area (Å²) in [5.74, 6) is 0.926. The Morgan fingerprint density at radius 1 is 1.26 bits per heavy atom. The highest BCUT2D eigenvalue weighted by molar-refractivity contribution is 7.99. The van der Waals surface area contributed by atoms with Gasteiger partial charge >= 0.3 is 0 Å². The zero-order valence-electron chi connectivity index (χ0n) is 13.0. The van der Waals surface area contributed by atoms with E-state index in [4.69, 9.17) is 4.42 Å². The molecule has 5 nitrogen and oxygen atoms in total. The lowest BCUT2D eigenvalue weighted by atomic mass is 10.1. The van der Waals surface area contributed by atoms with Gasteiger partial charge < -0.3 is 14.6 Å². The molecule has 2 aromatic rings. The first-order valence-electron chi connectivity index (χ1n) is 7.37. The molecule has 1 aliphatic heterocycles. The second kappa shape index (κ2) is 6.50. The predicted octanol–water partition coefficient (Wildman–Crippen LogP) is 3.05. The van der Waals surface area contributed by atoms with Crippen LogP contribution in [0.5, 0.6) is 0 Å². The molecule has 0 bridgehead atoms. The van der Waals surface area contributed by atoms with E-state index in [1.807, 2.05) is 32.0 Å². The standard InChI is InChI=1S/C17H18N2O3S/c1-11-5-3-6-13(12(11)2)18-16(20)14-9-23-10-19(14)17(21)15-7-4-8-22-15/h3-8,14H,9-10H2,1-2H3,(H,18,20)/t14-/m0/s1. The Morgan fingerprint density at radius 2 is 2.09 bits per heavy atom. The summed E-state index contributed by atoms with van der Waals surface area (Å²) in [5, 5.41) is 2.95. The van der Waals surface area contributed by atoms with Crippen molar-refractivity contribution >= 4 is 29.3 Å². The number of carbonyl (C=O) groups is 2. The lowest BCUT2D eigenvalue weighted by molar-refractivity contribution is -0.119. The number of carbonyl (C=O) groups excluding carboxylic acids is 2. The van der Waals surface area contributed by atoms with Crippen LogP contribution in [-0.4, -0.2) is 34.4 Å². The van der Waals surface area contributed by atoms with Gasteiger partial charge in [-0.05, 0) is 43.2 Å². The molecule has 1 aromatic carbocycles. The summed E-state index contributed by atoms with van der Waals surface area (Å²) in [5.41, 5.74) is 2.94. The average Bonchev–Trinajstić information content (AvgIpc) is 3.21. The Balaban J connectivity index is 1.76. The van der Waals surface area contributed by atoms with E-state index in [1.165, 1.54) is 6.26 Å². The lowest BCUT2D eigenvalue weighted by Crippen LogP contribution is -2.44. The highest BCUT2D eigenvalue weighted by Crippen LogP contribution is 2.25.